The van der Waals surface area contributed by atoms with Crippen molar-refractivity contribution in [1.82, 2.24) is 5.32 Å². The Labute approximate surface area is 125 Å². The summed E-state index contributed by atoms with van der Waals surface area (Å²) < 4.78 is 0. The number of rotatable bonds is 6. The summed E-state index contributed by atoms with van der Waals surface area (Å²) in [7, 11) is 0. The molecule has 0 heterocycles. The molecule has 106 valence electrons. The van der Waals surface area contributed by atoms with E-state index in [-0.39, 0.29) is 0 Å². The molecule has 1 unspecified atom stereocenters. The molecule has 2 rings (SSSR count). The van der Waals surface area contributed by atoms with Gasteiger partial charge in [0, 0.05) is 11.1 Å². The fourth-order valence-electron chi connectivity index (χ4n) is 2.25. The highest BCUT2D eigenvalue weighted by Gasteiger charge is 2.08. The lowest BCUT2D eigenvalue weighted by Crippen LogP contribution is -2.23. The number of nitrogens with one attached hydrogen (secondary N) is 1. The minimum absolute atomic E-state index is 0.310. The molecule has 2 nitrogen and oxygen atoms in total. The van der Waals surface area contributed by atoms with Gasteiger partial charge in [-0.3, -0.25) is 0 Å². The number of halogens is 1. The normalized spacial score (nSPS) is 12.3. The van der Waals surface area contributed by atoms with Crippen LogP contribution in [-0.2, 0) is 6.42 Å². The molecule has 0 bridgehead atoms. The van der Waals surface area contributed by atoms with Crippen molar-refractivity contribution >= 4 is 11.6 Å². The lowest BCUT2D eigenvalue weighted by molar-refractivity contribution is 0.473. The third kappa shape index (κ3) is 4.26. The Kier molecular flexibility index (Phi) is 5.45. The van der Waals surface area contributed by atoms with Gasteiger partial charge in [0.15, 0.2) is 0 Å². The Balaban J connectivity index is 1.87. The lowest BCUT2D eigenvalue weighted by atomic mass is 10.0. The van der Waals surface area contributed by atoms with E-state index >= 15 is 0 Å². The maximum absolute atomic E-state index is 9.33. The molecule has 0 spiro atoms. The van der Waals surface area contributed by atoms with Crippen LogP contribution in [0.4, 0.5) is 0 Å². The van der Waals surface area contributed by atoms with Gasteiger partial charge in [-0.15, -0.1) is 0 Å². The van der Waals surface area contributed by atoms with Gasteiger partial charge < -0.3 is 10.4 Å². The van der Waals surface area contributed by atoms with Crippen molar-refractivity contribution in [3.05, 3.63) is 64.7 Å². The van der Waals surface area contributed by atoms with E-state index in [0.29, 0.717) is 11.8 Å². The fraction of sp³-hybridized carbons (Fsp3) is 0.294. The van der Waals surface area contributed by atoms with E-state index in [1.807, 2.05) is 24.3 Å². The van der Waals surface area contributed by atoms with Crippen molar-refractivity contribution in [2.24, 2.45) is 0 Å². The molecule has 3 heteroatoms. The average Bonchev–Trinajstić information content (AvgIpc) is 2.47. The predicted octanol–water partition coefficient (Wildman–Crippen LogP) is 4.33. The Bertz CT molecular complexity index is 522. The van der Waals surface area contributed by atoms with Crippen LogP contribution in [0.5, 0.6) is 5.75 Å². The van der Waals surface area contributed by atoms with Gasteiger partial charge in [0.1, 0.15) is 5.75 Å². The molecule has 0 radical (unpaired) electrons. The van der Waals surface area contributed by atoms with Crippen molar-refractivity contribution in [2.75, 3.05) is 6.54 Å². The predicted molar refractivity (Wildman–Crippen MR) is 84.3 cm³/mol. The van der Waals surface area contributed by atoms with Crippen LogP contribution < -0.4 is 5.32 Å². The zero-order valence-electron chi connectivity index (χ0n) is 11.6. The quantitative estimate of drug-likeness (QED) is 0.829. The second kappa shape index (κ2) is 7.32. The van der Waals surface area contributed by atoms with Crippen LogP contribution in [0.2, 0.25) is 5.02 Å². The van der Waals surface area contributed by atoms with Crippen LogP contribution in [0.3, 0.4) is 0 Å². The van der Waals surface area contributed by atoms with E-state index < -0.39 is 0 Å². The summed E-state index contributed by atoms with van der Waals surface area (Å²) in [6.07, 6.45) is 2.00. The van der Waals surface area contributed by atoms with Crippen molar-refractivity contribution in [2.45, 2.75) is 25.8 Å². The van der Waals surface area contributed by atoms with E-state index in [0.717, 1.165) is 24.4 Å². The Hall–Kier alpha value is -1.51. The zero-order valence-corrected chi connectivity index (χ0v) is 12.4. The summed E-state index contributed by atoms with van der Waals surface area (Å²) in [5.74, 6) is 0.310. The first kappa shape index (κ1) is 14.9. The summed E-state index contributed by atoms with van der Waals surface area (Å²) in [6, 6.07) is 15.7. The summed E-state index contributed by atoms with van der Waals surface area (Å²) in [5, 5.41) is 13.7. The lowest BCUT2D eigenvalue weighted by Gasteiger charge is -2.17. The molecule has 1 atom stereocenters. The van der Waals surface area contributed by atoms with E-state index in [4.69, 9.17) is 11.6 Å². The molecular formula is C17H20ClNO. The maximum Gasteiger partial charge on any atom is 0.115 e. The smallest absolute Gasteiger partial charge is 0.115 e. The number of hydrogen-bond donors (Lipinski definition) is 2. The molecule has 0 saturated carbocycles. The topological polar surface area (TPSA) is 32.3 Å². The highest BCUT2D eigenvalue weighted by molar-refractivity contribution is 6.30. The largest absolute Gasteiger partial charge is 0.508 e. The van der Waals surface area contributed by atoms with E-state index in [1.165, 1.54) is 11.1 Å². The first-order valence-electron chi connectivity index (χ1n) is 6.96. The van der Waals surface area contributed by atoms with E-state index in [1.54, 1.807) is 12.1 Å². The molecular weight excluding hydrogens is 270 g/mol. The number of benzene rings is 2. The molecule has 0 aliphatic heterocycles. The molecule has 20 heavy (non-hydrogen) atoms. The third-order valence-electron chi connectivity index (χ3n) is 3.42. The minimum Gasteiger partial charge on any atom is -0.508 e. The Morgan fingerprint density at radius 1 is 1.05 bits per heavy atom. The standard InChI is InChI=1S/C17H20ClNO/c1-2-17(14-5-9-16(20)10-6-14)19-12-11-13-3-7-15(18)8-4-13/h3-10,17,19-20H,2,11-12H2,1H3. The molecule has 0 amide bonds. The van der Waals surface area contributed by atoms with E-state index in [2.05, 4.69) is 24.4 Å². The molecule has 0 saturated heterocycles. The number of aromatic hydroxyl groups is 1. The zero-order chi connectivity index (χ0) is 14.4. The van der Waals surface area contributed by atoms with Gasteiger partial charge in [0.05, 0.1) is 0 Å². The average molecular weight is 290 g/mol. The van der Waals surface area contributed by atoms with Gasteiger partial charge in [0.25, 0.3) is 0 Å². The van der Waals surface area contributed by atoms with Crippen LogP contribution in [0.1, 0.15) is 30.5 Å². The van der Waals surface area contributed by atoms with Crippen LogP contribution in [-0.4, -0.2) is 11.7 Å². The van der Waals surface area contributed by atoms with Crippen LogP contribution in [0, 0.1) is 0 Å². The molecule has 2 aromatic carbocycles. The third-order valence-corrected chi connectivity index (χ3v) is 3.67. The molecule has 0 fully saturated rings. The first-order valence-corrected chi connectivity index (χ1v) is 7.33. The second-order valence-electron chi connectivity index (χ2n) is 4.88. The molecule has 2 aromatic rings. The first-order chi connectivity index (χ1) is 9.69. The molecule has 0 aliphatic rings. The van der Waals surface area contributed by atoms with Crippen molar-refractivity contribution in [3.8, 4) is 5.75 Å². The number of phenolic OH excluding ortho intramolecular Hbond substituents is 1. The van der Waals surface area contributed by atoms with Crippen molar-refractivity contribution < 1.29 is 5.11 Å². The molecule has 2 N–H and O–H groups in total. The van der Waals surface area contributed by atoms with Gasteiger partial charge in [0.2, 0.25) is 0 Å². The Morgan fingerprint density at radius 2 is 1.70 bits per heavy atom. The van der Waals surface area contributed by atoms with Gasteiger partial charge in [-0.05, 0) is 54.8 Å². The number of phenols is 1. The Morgan fingerprint density at radius 3 is 2.30 bits per heavy atom. The van der Waals surface area contributed by atoms with Gasteiger partial charge >= 0.3 is 0 Å². The van der Waals surface area contributed by atoms with Gasteiger partial charge in [-0.1, -0.05) is 42.8 Å². The SMILES string of the molecule is CCC(NCCc1ccc(Cl)cc1)c1ccc(O)cc1. The maximum atomic E-state index is 9.33. The summed E-state index contributed by atoms with van der Waals surface area (Å²) in [5.41, 5.74) is 2.49. The fourth-order valence-corrected chi connectivity index (χ4v) is 2.37. The van der Waals surface area contributed by atoms with Crippen LogP contribution in [0.25, 0.3) is 0 Å². The van der Waals surface area contributed by atoms with E-state index in [9.17, 15) is 5.11 Å². The minimum atomic E-state index is 0.310. The van der Waals surface area contributed by atoms with Crippen molar-refractivity contribution in [3.63, 3.8) is 0 Å². The van der Waals surface area contributed by atoms with Crippen molar-refractivity contribution in [1.29, 1.82) is 0 Å². The summed E-state index contributed by atoms with van der Waals surface area (Å²) in [4.78, 5) is 0. The number of hydrogen-bond acceptors (Lipinski definition) is 2. The summed E-state index contributed by atoms with van der Waals surface area (Å²) >= 11 is 5.88. The van der Waals surface area contributed by atoms with Crippen LogP contribution >= 0.6 is 11.6 Å². The summed E-state index contributed by atoms with van der Waals surface area (Å²) in [6.45, 7) is 3.08. The van der Waals surface area contributed by atoms with Gasteiger partial charge in [-0.2, -0.15) is 0 Å². The highest BCUT2D eigenvalue weighted by Crippen LogP contribution is 2.19. The monoisotopic (exact) mass is 289 g/mol. The van der Waals surface area contributed by atoms with Gasteiger partial charge in [-0.25, -0.2) is 0 Å². The molecule has 0 aromatic heterocycles. The highest BCUT2D eigenvalue weighted by atomic mass is 35.5. The second-order valence-corrected chi connectivity index (χ2v) is 5.32. The van der Waals surface area contributed by atoms with Crippen LogP contribution in [0.15, 0.2) is 48.5 Å². The molecule has 0 aliphatic carbocycles.